The second kappa shape index (κ2) is 4.82. The van der Waals surface area contributed by atoms with Crippen LogP contribution in [0.1, 0.15) is 19.5 Å². The van der Waals surface area contributed by atoms with Gasteiger partial charge in [0.05, 0.1) is 5.69 Å². The van der Waals surface area contributed by atoms with Gasteiger partial charge < -0.3 is 11.1 Å². The third kappa shape index (κ3) is 3.42. The Kier molecular flexibility index (Phi) is 3.71. The van der Waals surface area contributed by atoms with Crippen molar-refractivity contribution in [3.05, 3.63) is 23.9 Å². The summed E-state index contributed by atoms with van der Waals surface area (Å²) in [7, 11) is 0. The van der Waals surface area contributed by atoms with E-state index in [0.717, 1.165) is 18.1 Å². The molecular formula is C10H17N3. The zero-order valence-corrected chi connectivity index (χ0v) is 8.25. The zero-order chi connectivity index (χ0) is 9.68. The van der Waals surface area contributed by atoms with Gasteiger partial charge in [0.15, 0.2) is 0 Å². The van der Waals surface area contributed by atoms with Gasteiger partial charge in [-0.05, 0) is 18.1 Å². The molecule has 0 aliphatic heterocycles. The summed E-state index contributed by atoms with van der Waals surface area (Å²) in [6.45, 7) is 5.78. The quantitative estimate of drug-likeness (QED) is 0.738. The van der Waals surface area contributed by atoms with Gasteiger partial charge in [0, 0.05) is 13.1 Å². The fourth-order valence-corrected chi connectivity index (χ4v) is 1.00. The Morgan fingerprint density at radius 2 is 2.23 bits per heavy atom. The van der Waals surface area contributed by atoms with E-state index in [-0.39, 0.29) is 0 Å². The number of rotatable bonds is 4. The highest BCUT2D eigenvalue weighted by Crippen LogP contribution is 2.05. The number of hydrogen-bond acceptors (Lipinski definition) is 3. The minimum absolute atomic E-state index is 0.497. The van der Waals surface area contributed by atoms with Crippen molar-refractivity contribution in [1.82, 2.24) is 4.98 Å². The number of anilines is 1. The summed E-state index contributed by atoms with van der Waals surface area (Å²) in [5, 5.41) is 3.25. The summed E-state index contributed by atoms with van der Waals surface area (Å²) < 4.78 is 0. The van der Waals surface area contributed by atoms with Gasteiger partial charge >= 0.3 is 0 Å². The van der Waals surface area contributed by atoms with Crippen molar-refractivity contribution in [2.75, 3.05) is 11.9 Å². The molecule has 0 aliphatic carbocycles. The first-order valence-corrected chi connectivity index (χ1v) is 4.62. The molecule has 0 spiro atoms. The van der Waals surface area contributed by atoms with Gasteiger partial charge in [-0.15, -0.1) is 0 Å². The molecule has 0 unspecified atom stereocenters. The van der Waals surface area contributed by atoms with Crippen molar-refractivity contribution in [3.8, 4) is 0 Å². The number of nitrogens with two attached hydrogens (primary N) is 1. The molecule has 0 aliphatic rings. The maximum absolute atomic E-state index is 5.48. The molecule has 0 saturated carbocycles. The first-order chi connectivity index (χ1) is 6.22. The zero-order valence-electron chi connectivity index (χ0n) is 8.25. The number of nitrogens with zero attached hydrogens (tertiary/aromatic N) is 1. The smallest absolute Gasteiger partial charge is 0.126 e. The van der Waals surface area contributed by atoms with Crippen LogP contribution >= 0.6 is 0 Å². The van der Waals surface area contributed by atoms with Crippen LogP contribution in [0.3, 0.4) is 0 Å². The molecule has 0 fully saturated rings. The summed E-state index contributed by atoms with van der Waals surface area (Å²) in [6, 6.07) is 5.86. The van der Waals surface area contributed by atoms with E-state index in [1.807, 2.05) is 18.2 Å². The van der Waals surface area contributed by atoms with Crippen LogP contribution in [-0.4, -0.2) is 11.5 Å². The lowest BCUT2D eigenvalue weighted by Crippen LogP contribution is -2.10. The maximum Gasteiger partial charge on any atom is 0.126 e. The van der Waals surface area contributed by atoms with Crippen molar-refractivity contribution >= 4 is 5.82 Å². The van der Waals surface area contributed by atoms with Gasteiger partial charge in [-0.3, -0.25) is 0 Å². The molecule has 3 nitrogen and oxygen atoms in total. The van der Waals surface area contributed by atoms with Crippen molar-refractivity contribution in [2.45, 2.75) is 20.4 Å². The largest absolute Gasteiger partial charge is 0.370 e. The van der Waals surface area contributed by atoms with Crippen LogP contribution in [0, 0.1) is 5.92 Å². The van der Waals surface area contributed by atoms with Gasteiger partial charge in [-0.2, -0.15) is 0 Å². The molecule has 1 aromatic heterocycles. The predicted octanol–water partition coefficient (Wildman–Crippen LogP) is 1.61. The monoisotopic (exact) mass is 179 g/mol. The third-order valence-electron chi connectivity index (χ3n) is 1.71. The topological polar surface area (TPSA) is 50.9 Å². The van der Waals surface area contributed by atoms with Crippen LogP contribution in [-0.2, 0) is 6.54 Å². The molecule has 0 amide bonds. The second-order valence-corrected chi connectivity index (χ2v) is 3.49. The maximum atomic E-state index is 5.48. The average Bonchev–Trinajstić information content (AvgIpc) is 2.15. The van der Waals surface area contributed by atoms with E-state index in [0.29, 0.717) is 12.5 Å². The van der Waals surface area contributed by atoms with Crippen molar-refractivity contribution in [3.63, 3.8) is 0 Å². The molecule has 13 heavy (non-hydrogen) atoms. The van der Waals surface area contributed by atoms with E-state index in [2.05, 4.69) is 24.1 Å². The summed E-state index contributed by atoms with van der Waals surface area (Å²) in [5.74, 6) is 1.54. The fourth-order valence-electron chi connectivity index (χ4n) is 1.00. The molecule has 72 valence electrons. The van der Waals surface area contributed by atoms with E-state index in [1.54, 1.807) is 0 Å². The molecule has 0 bridgehead atoms. The summed E-state index contributed by atoms with van der Waals surface area (Å²) in [4.78, 5) is 4.33. The lowest BCUT2D eigenvalue weighted by atomic mass is 10.2. The van der Waals surface area contributed by atoms with Gasteiger partial charge in [0.2, 0.25) is 0 Å². The molecule has 3 heteroatoms. The minimum atomic E-state index is 0.497. The molecule has 1 rings (SSSR count). The fraction of sp³-hybridized carbons (Fsp3) is 0.500. The standard InChI is InChI=1S/C10H17N3/c1-8(2)7-12-10-5-3-4-9(6-11)13-10/h3-5,8H,6-7,11H2,1-2H3,(H,12,13). The average molecular weight is 179 g/mol. The summed E-state index contributed by atoms with van der Waals surface area (Å²) in [5.41, 5.74) is 6.41. The van der Waals surface area contributed by atoms with Crippen LogP contribution in [0.2, 0.25) is 0 Å². The second-order valence-electron chi connectivity index (χ2n) is 3.49. The van der Waals surface area contributed by atoms with Gasteiger partial charge in [-0.1, -0.05) is 19.9 Å². The van der Waals surface area contributed by atoms with E-state index in [1.165, 1.54) is 0 Å². The SMILES string of the molecule is CC(C)CNc1cccc(CN)n1. The molecule has 0 aromatic carbocycles. The first kappa shape index (κ1) is 9.99. The highest BCUT2D eigenvalue weighted by molar-refractivity contribution is 5.35. The molecule has 1 aromatic rings. The van der Waals surface area contributed by atoms with Crippen molar-refractivity contribution in [1.29, 1.82) is 0 Å². The highest BCUT2D eigenvalue weighted by atomic mass is 15.0. The van der Waals surface area contributed by atoms with Crippen molar-refractivity contribution < 1.29 is 0 Å². The molecule has 3 N–H and O–H groups in total. The normalized spacial score (nSPS) is 10.5. The Labute approximate surface area is 79.4 Å². The Balaban J connectivity index is 2.56. The lowest BCUT2D eigenvalue weighted by Gasteiger charge is -2.08. The van der Waals surface area contributed by atoms with E-state index in [9.17, 15) is 0 Å². The van der Waals surface area contributed by atoms with E-state index >= 15 is 0 Å². The Bertz CT molecular complexity index is 258. The lowest BCUT2D eigenvalue weighted by molar-refractivity contribution is 0.686. The van der Waals surface area contributed by atoms with Crippen LogP contribution in [0.4, 0.5) is 5.82 Å². The van der Waals surface area contributed by atoms with Crippen molar-refractivity contribution in [2.24, 2.45) is 11.7 Å². The van der Waals surface area contributed by atoms with Crippen LogP contribution in [0.5, 0.6) is 0 Å². The number of hydrogen-bond donors (Lipinski definition) is 2. The number of nitrogens with one attached hydrogen (secondary N) is 1. The predicted molar refractivity (Wildman–Crippen MR) is 55.5 cm³/mol. The Morgan fingerprint density at radius 3 is 2.85 bits per heavy atom. The van der Waals surface area contributed by atoms with Gasteiger partial charge in [0.1, 0.15) is 5.82 Å². The molecule has 0 saturated heterocycles. The molecular weight excluding hydrogens is 162 g/mol. The highest BCUT2D eigenvalue weighted by Gasteiger charge is 1.96. The molecule has 0 radical (unpaired) electrons. The Morgan fingerprint density at radius 1 is 1.46 bits per heavy atom. The van der Waals surface area contributed by atoms with E-state index in [4.69, 9.17) is 5.73 Å². The Hall–Kier alpha value is -1.09. The van der Waals surface area contributed by atoms with Crippen LogP contribution in [0.25, 0.3) is 0 Å². The van der Waals surface area contributed by atoms with Crippen LogP contribution < -0.4 is 11.1 Å². The van der Waals surface area contributed by atoms with E-state index < -0.39 is 0 Å². The van der Waals surface area contributed by atoms with Gasteiger partial charge in [-0.25, -0.2) is 4.98 Å². The minimum Gasteiger partial charge on any atom is -0.370 e. The van der Waals surface area contributed by atoms with Gasteiger partial charge in [0.25, 0.3) is 0 Å². The number of pyridine rings is 1. The van der Waals surface area contributed by atoms with Crippen LogP contribution in [0.15, 0.2) is 18.2 Å². The molecule has 0 atom stereocenters. The summed E-state index contributed by atoms with van der Waals surface area (Å²) in [6.07, 6.45) is 0. The third-order valence-corrected chi connectivity index (χ3v) is 1.71. The molecule has 1 heterocycles. The first-order valence-electron chi connectivity index (χ1n) is 4.62. The number of aromatic nitrogens is 1. The summed E-state index contributed by atoms with van der Waals surface area (Å²) >= 11 is 0.